The van der Waals surface area contributed by atoms with Gasteiger partial charge >= 0.3 is 0 Å². The molecule has 0 saturated heterocycles. The fourth-order valence-electron chi connectivity index (χ4n) is 6.81. The van der Waals surface area contributed by atoms with Gasteiger partial charge in [-0.05, 0) is 35.8 Å². The number of fused-ring (bicyclic) bond motifs is 1. The van der Waals surface area contributed by atoms with Crippen molar-refractivity contribution in [1.29, 1.82) is 0 Å². The second-order valence-corrected chi connectivity index (χ2v) is 16.4. The van der Waals surface area contributed by atoms with Gasteiger partial charge in [0, 0.05) is 35.9 Å². The Labute approximate surface area is 259 Å². The van der Waals surface area contributed by atoms with Gasteiger partial charge in [-0.25, -0.2) is 26.9 Å². The molecule has 0 amide bonds. The van der Waals surface area contributed by atoms with E-state index in [2.05, 4.69) is 51.8 Å². The molecule has 3 aromatic rings. The van der Waals surface area contributed by atoms with E-state index in [0.717, 1.165) is 0 Å². The summed E-state index contributed by atoms with van der Waals surface area (Å²) in [5.41, 5.74) is 1.48. The number of halogens is 2. The van der Waals surface area contributed by atoms with Crippen molar-refractivity contribution in [2.75, 3.05) is 0 Å². The van der Waals surface area contributed by atoms with Gasteiger partial charge in [0.25, 0.3) is 5.56 Å². The first-order valence-electron chi connectivity index (χ1n) is 15.1. The lowest BCUT2D eigenvalue weighted by Gasteiger charge is -2.54. The average Bonchev–Trinajstić information content (AvgIpc) is 3.69. The number of hydrogen-bond donors (Lipinski definition) is 1. The van der Waals surface area contributed by atoms with Gasteiger partial charge in [-0.2, -0.15) is 0 Å². The van der Waals surface area contributed by atoms with Crippen LogP contribution in [-0.2, 0) is 28.3 Å². The summed E-state index contributed by atoms with van der Waals surface area (Å²) in [6.07, 6.45) is 2.20. The molecule has 2 atom stereocenters. The molecule has 1 aromatic heterocycles. The largest absolute Gasteiger partial charge is 0.305 e. The van der Waals surface area contributed by atoms with E-state index < -0.39 is 38.2 Å². The van der Waals surface area contributed by atoms with Crippen LogP contribution in [0.1, 0.15) is 42.0 Å². The summed E-state index contributed by atoms with van der Waals surface area (Å²) >= 11 is 0. The molecule has 0 bridgehead atoms. The highest BCUT2D eigenvalue weighted by Gasteiger charge is 2.57. The molecule has 43 heavy (non-hydrogen) atoms. The van der Waals surface area contributed by atoms with Crippen molar-refractivity contribution in [1.82, 2.24) is 14.3 Å². The minimum absolute atomic E-state index is 0.0503. The molecule has 5 rings (SSSR count). The molecule has 1 fully saturated rings. The van der Waals surface area contributed by atoms with Gasteiger partial charge < -0.3 is 4.57 Å². The Hall–Kier alpha value is -2.46. The van der Waals surface area contributed by atoms with Gasteiger partial charge in [0.05, 0.1) is 59.1 Å². The minimum atomic E-state index is -4.31. The maximum absolute atomic E-state index is 16.1. The number of sulfonamides is 1. The van der Waals surface area contributed by atoms with Crippen LogP contribution >= 0.6 is 0 Å². The first kappa shape index (κ1) is 32.0. The van der Waals surface area contributed by atoms with Crippen LogP contribution in [0.2, 0.25) is 10.2 Å². The van der Waals surface area contributed by atoms with Crippen LogP contribution in [0.5, 0.6) is 0 Å². The monoisotopic (exact) mass is 597 g/mol. The number of nitrogens with one attached hydrogen (secondary N) is 1. The first-order chi connectivity index (χ1) is 19.9. The highest BCUT2D eigenvalue weighted by molar-refractivity contribution is 7.91. The Morgan fingerprint density at radius 2 is 1.60 bits per heavy atom. The molecule has 218 valence electrons. The van der Waals surface area contributed by atoms with Crippen molar-refractivity contribution >= 4 is 64.9 Å². The lowest BCUT2D eigenvalue weighted by Crippen LogP contribution is -2.61. The number of hydrogen-bond acceptors (Lipinski definition) is 4. The van der Waals surface area contributed by atoms with Crippen molar-refractivity contribution in [3.8, 4) is 11.1 Å². The summed E-state index contributed by atoms with van der Waals surface area (Å²) < 4.78 is 61.6. The summed E-state index contributed by atoms with van der Waals surface area (Å²) in [6.45, 7) is 0. The first-order valence-corrected chi connectivity index (χ1v) is 16.5. The van der Waals surface area contributed by atoms with Crippen molar-refractivity contribution in [3.63, 3.8) is 0 Å². The zero-order chi connectivity index (χ0) is 31.6. The van der Waals surface area contributed by atoms with Crippen molar-refractivity contribution in [3.05, 3.63) is 87.9 Å². The summed E-state index contributed by atoms with van der Waals surface area (Å²) in [6, 6.07) is 13.5. The highest BCUT2D eigenvalue weighted by Crippen LogP contribution is 2.47. The second kappa shape index (κ2) is 10.9. The van der Waals surface area contributed by atoms with E-state index in [1.54, 1.807) is 29.1 Å². The molecular formula is C27H36B7F2N3O3S. The SMILES string of the molecule is BC(B)(B)C(B)(n1cnc2c(c1=O)C(Cc1cccc(-c3ccccc3)c1F)C(NS(=O)(=O)C1(F)CC1)CC2)C(B)(B)B. The molecule has 1 N–H and O–H groups in total. The Balaban J connectivity index is 1.68. The molecule has 2 aromatic carbocycles. The standard InChI is InChI=1S/C27H36B7F2N3O3S/c28-25(26(29,30)31,27(32,33)34)39-14-37-20-10-9-19(38-43(41,42)24(36)11-12-24)18(21(20)23(39)40)13-16-7-4-8-17(22(16)35)15-5-2-1-3-6-15/h1-8,14,18-19,38H,9-13,28-34H2. The lowest BCUT2D eigenvalue weighted by atomic mass is 9.18. The molecule has 0 radical (unpaired) electrons. The van der Waals surface area contributed by atoms with Crippen LogP contribution in [0.3, 0.4) is 0 Å². The fraction of sp³-hybridized carbons (Fsp3) is 0.407. The smallest absolute Gasteiger partial charge is 0.256 e. The molecule has 6 nitrogen and oxygen atoms in total. The predicted molar refractivity (Wildman–Crippen MR) is 187 cm³/mol. The van der Waals surface area contributed by atoms with Gasteiger partial charge in [-0.1, -0.05) is 58.8 Å². The number of aryl methyl sites for hydroxylation is 1. The molecule has 16 heteroatoms. The van der Waals surface area contributed by atoms with E-state index in [0.29, 0.717) is 40.8 Å². The number of alkyl halides is 1. The Morgan fingerprint density at radius 1 is 0.977 bits per heavy atom. The Kier molecular flexibility index (Phi) is 8.07. The summed E-state index contributed by atoms with van der Waals surface area (Å²) in [4.78, 5) is 19.4. The van der Waals surface area contributed by atoms with E-state index in [4.69, 9.17) is 4.98 Å². The molecule has 2 aliphatic rings. The summed E-state index contributed by atoms with van der Waals surface area (Å²) in [5, 5.41) is -3.03. The third-order valence-corrected chi connectivity index (χ3v) is 12.1. The quantitative estimate of drug-likeness (QED) is 0.273. The van der Waals surface area contributed by atoms with E-state index >= 15 is 4.39 Å². The molecule has 1 heterocycles. The van der Waals surface area contributed by atoms with Gasteiger partial charge in [-0.15, -0.1) is 0 Å². The van der Waals surface area contributed by atoms with Crippen LogP contribution in [0, 0.1) is 5.82 Å². The molecule has 2 unspecified atom stereocenters. The van der Waals surface area contributed by atoms with Crippen molar-refractivity contribution in [2.45, 2.75) is 64.7 Å². The summed E-state index contributed by atoms with van der Waals surface area (Å²) in [7, 11) is 10.2. The zero-order valence-electron chi connectivity index (χ0n) is 26.2. The van der Waals surface area contributed by atoms with Crippen LogP contribution in [0.15, 0.2) is 59.7 Å². The summed E-state index contributed by atoms with van der Waals surface area (Å²) in [5.74, 6) is -1.18. The van der Waals surface area contributed by atoms with Crippen molar-refractivity contribution < 1.29 is 17.2 Å². The van der Waals surface area contributed by atoms with E-state index in [1.807, 2.05) is 38.2 Å². The maximum atomic E-state index is 16.1. The maximum Gasteiger partial charge on any atom is 0.256 e. The van der Waals surface area contributed by atoms with Crippen molar-refractivity contribution in [2.24, 2.45) is 0 Å². The number of aromatic nitrogens is 2. The molecule has 1 saturated carbocycles. The average molecular weight is 596 g/mol. The van der Waals surface area contributed by atoms with Gasteiger partial charge in [-0.3, -0.25) is 4.79 Å². The number of benzene rings is 2. The van der Waals surface area contributed by atoms with Crippen LogP contribution in [0.25, 0.3) is 11.1 Å². The Morgan fingerprint density at radius 3 is 2.19 bits per heavy atom. The third-order valence-electron chi connectivity index (χ3n) is 10.1. The minimum Gasteiger partial charge on any atom is -0.305 e. The van der Waals surface area contributed by atoms with E-state index in [-0.39, 0.29) is 35.0 Å². The van der Waals surface area contributed by atoms with E-state index in [9.17, 15) is 17.6 Å². The molecule has 2 aliphatic carbocycles. The Bertz CT molecular complexity index is 1700. The zero-order valence-corrected chi connectivity index (χ0v) is 27.0. The van der Waals surface area contributed by atoms with Gasteiger partial charge in [0.15, 0.2) is 0 Å². The normalized spacial score (nSPS) is 20.3. The third kappa shape index (κ3) is 5.51. The molecule has 0 spiro atoms. The molecule has 0 aliphatic heterocycles. The topological polar surface area (TPSA) is 81.1 Å². The lowest BCUT2D eigenvalue weighted by molar-refractivity contribution is 0.364. The second-order valence-electron chi connectivity index (χ2n) is 14.5. The molecular weight excluding hydrogens is 560 g/mol. The van der Waals surface area contributed by atoms with Crippen LogP contribution in [-0.4, -0.2) is 83.9 Å². The van der Waals surface area contributed by atoms with Crippen LogP contribution in [0.4, 0.5) is 8.78 Å². The predicted octanol–water partition coefficient (Wildman–Crippen LogP) is -2.70. The highest BCUT2D eigenvalue weighted by atomic mass is 32.2. The van der Waals surface area contributed by atoms with Crippen LogP contribution < -0.4 is 10.3 Å². The number of rotatable bonds is 9. The van der Waals surface area contributed by atoms with Gasteiger partial charge in [0.2, 0.25) is 15.0 Å². The van der Waals surface area contributed by atoms with Gasteiger partial charge in [0.1, 0.15) is 13.7 Å². The fourth-order valence-corrected chi connectivity index (χ4v) is 8.34. The number of nitrogens with zero attached hydrogens (tertiary/aromatic N) is 2. The van der Waals surface area contributed by atoms with E-state index in [1.165, 1.54) is 0 Å².